The van der Waals surface area contributed by atoms with Gasteiger partial charge in [0.25, 0.3) is 5.56 Å². The largest absolute Gasteiger partial charge is 0.338 e. The van der Waals surface area contributed by atoms with Crippen LogP contribution in [0, 0.1) is 19.7 Å². The van der Waals surface area contributed by atoms with E-state index in [-0.39, 0.29) is 23.0 Å². The van der Waals surface area contributed by atoms with Crippen molar-refractivity contribution in [2.24, 2.45) is 0 Å². The SMILES string of the molecule is CCN(Cc1cccc(F)c1)C(=O)CSCc1nc2sc(C)c(C)c2c(=O)[nH]1. The molecule has 0 atom stereocenters. The van der Waals surface area contributed by atoms with Gasteiger partial charge in [-0.25, -0.2) is 9.37 Å². The molecule has 0 saturated heterocycles. The topological polar surface area (TPSA) is 66.1 Å². The highest BCUT2D eigenvalue weighted by molar-refractivity contribution is 7.99. The highest BCUT2D eigenvalue weighted by Gasteiger charge is 2.15. The number of aromatic nitrogens is 2. The van der Waals surface area contributed by atoms with Crippen molar-refractivity contribution < 1.29 is 9.18 Å². The maximum Gasteiger partial charge on any atom is 0.259 e. The molecule has 0 unspecified atom stereocenters. The van der Waals surface area contributed by atoms with Gasteiger partial charge in [0.15, 0.2) is 0 Å². The molecule has 0 spiro atoms. The summed E-state index contributed by atoms with van der Waals surface area (Å²) in [5, 5.41) is 0.652. The summed E-state index contributed by atoms with van der Waals surface area (Å²) in [5.74, 6) is 0.963. The number of aromatic amines is 1. The van der Waals surface area contributed by atoms with E-state index in [1.807, 2.05) is 20.8 Å². The quantitative estimate of drug-likeness (QED) is 0.628. The van der Waals surface area contributed by atoms with Crippen LogP contribution in [0.25, 0.3) is 10.2 Å². The maximum absolute atomic E-state index is 13.3. The number of rotatable bonds is 7. The molecule has 0 radical (unpaired) electrons. The number of hydrogen-bond donors (Lipinski definition) is 1. The molecule has 1 aromatic carbocycles. The van der Waals surface area contributed by atoms with E-state index in [0.717, 1.165) is 20.8 Å². The van der Waals surface area contributed by atoms with Gasteiger partial charge in [0, 0.05) is 18.0 Å². The Labute approximate surface area is 171 Å². The van der Waals surface area contributed by atoms with Gasteiger partial charge in [0.2, 0.25) is 5.91 Å². The number of aryl methyl sites for hydroxylation is 2. The summed E-state index contributed by atoms with van der Waals surface area (Å²) in [6.07, 6.45) is 0. The molecule has 2 heterocycles. The fourth-order valence-electron chi connectivity index (χ4n) is 2.93. The van der Waals surface area contributed by atoms with Crippen LogP contribution in [0.3, 0.4) is 0 Å². The second-order valence-corrected chi connectivity index (χ2v) is 8.70. The molecule has 0 aliphatic rings. The molecule has 0 fully saturated rings. The molecule has 0 saturated carbocycles. The summed E-state index contributed by atoms with van der Waals surface area (Å²) in [6, 6.07) is 6.28. The average molecular weight is 420 g/mol. The van der Waals surface area contributed by atoms with E-state index in [1.54, 1.807) is 17.0 Å². The van der Waals surface area contributed by atoms with Crippen molar-refractivity contribution in [2.45, 2.75) is 33.1 Å². The molecule has 8 heteroatoms. The third-order valence-electron chi connectivity index (χ3n) is 4.55. The first-order valence-corrected chi connectivity index (χ1v) is 10.9. The molecule has 3 aromatic rings. The van der Waals surface area contributed by atoms with E-state index in [9.17, 15) is 14.0 Å². The maximum atomic E-state index is 13.3. The van der Waals surface area contributed by atoms with E-state index in [4.69, 9.17) is 0 Å². The van der Waals surface area contributed by atoms with E-state index < -0.39 is 0 Å². The predicted molar refractivity (Wildman–Crippen MR) is 113 cm³/mol. The smallest absolute Gasteiger partial charge is 0.259 e. The van der Waals surface area contributed by atoms with Gasteiger partial charge in [-0.3, -0.25) is 9.59 Å². The monoisotopic (exact) mass is 419 g/mol. The molecule has 2 aromatic heterocycles. The molecule has 3 rings (SSSR count). The van der Waals surface area contributed by atoms with Crippen LogP contribution in [0.5, 0.6) is 0 Å². The Morgan fingerprint density at radius 3 is 2.86 bits per heavy atom. The fourth-order valence-corrected chi connectivity index (χ4v) is 4.76. The van der Waals surface area contributed by atoms with Crippen molar-refractivity contribution in [2.75, 3.05) is 12.3 Å². The van der Waals surface area contributed by atoms with Crippen LogP contribution < -0.4 is 5.56 Å². The van der Waals surface area contributed by atoms with Crippen LogP contribution in [0.2, 0.25) is 0 Å². The fraction of sp³-hybridized carbons (Fsp3) is 0.350. The third kappa shape index (κ3) is 4.62. The number of carbonyl (C=O) groups excluding carboxylic acids is 1. The van der Waals surface area contributed by atoms with E-state index >= 15 is 0 Å². The Balaban J connectivity index is 1.61. The van der Waals surface area contributed by atoms with Gasteiger partial charge in [0.1, 0.15) is 16.5 Å². The zero-order valence-corrected chi connectivity index (χ0v) is 17.7. The van der Waals surface area contributed by atoms with Crippen LogP contribution in [0.4, 0.5) is 4.39 Å². The van der Waals surface area contributed by atoms with Crippen LogP contribution in [-0.4, -0.2) is 33.1 Å². The van der Waals surface area contributed by atoms with Gasteiger partial charge in [-0.1, -0.05) is 12.1 Å². The van der Waals surface area contributed by atoms with Gasteiger partial charge in [-0.05, 0) is 44.0 Å². The lowest BCUT2D eigenvalue weighted by atomic mass is 10.2. The van der Waals surface area contributed by atoms with E-state index in [2.05, 4.69) is 9.97 Å². The lowest BCUT2D eigenvalue weighted by Gasteiger charge is -2.21. The minimum absolute atomic E-state index is 0.0250. The van der Waals surface area contributed by atoms with Gasteiger partial charge < -0.3 is 9.88 Å². The zero-order valence-electron chi connectivity index (χ0n) is 16.0. The minimum atomic E-state index is -0.306. The molecule has 1 N–H and O–H groups in total. The zero-order chi connectivity index (χ0) is 20.3. The van der Waals surface area contributed by atoms with E-state index in [1.165, 1.54) is 35.2 Å². The Bertz CT molecular complexity index is 1060. The van der Waals surface area contributed by atoms with Crippen molar-refractivity contribution in [1.29, 1.82) is 0 Å². The Kier molecular flexibility index (Phi) is 6.51. The highest BCUT2D eigenvalue weighted by atomic mass is 32.2. The van der Waals surface area contributed by atoms with Crippen LogP contribution in [0.15, 0.2) is 29.1 Å². The number of thioether (sulfide) groups is 1. The molecule has 1 amide bonds. The number of amides is 1. The van der Waals surface area contributed by atoms with Crippen molar-refractivity contribution >= 4 is 39.2 Å². The molecule has 28 heavy (non-hydrogen) atoms. The standard InChI is InChI=1S/C20H22FN3O2S2/c1-4-24(9-14-6-5-7-15(21)8-14)17(25)11-27-10-16-22-19(26)18-12(2)13(3)28-20(18)23-16/h5-8H,4,9-11H2,1-3H3,(H,22,23,26). The number of nitrogens with zero attached hydrogens (tertiary/aromatic N) is 2. The third-order valence-corrected chi connectivity index (χ3v) is 6.58. The van der Waals surface area contributed by atoms with Crippen LogP contribution >= 0.6 is 23.1 Å². The highest BCUT2D eigenvalue weighted by Crippen LogP contribution is 2.26. The molecule has 0 bridgehead atoms. The molecule has 0 aliphatic carbocycles. The molecular formula is C20H22FN3O2S2. The minimum Gasteiger partial charge on any atom is -0.338 e. The summed E-state index contributed by atoms with van der Waals surface area (Å²) in [6.45, 7) is 6.73. The number of fused-ring (bicyclic) bond motifs is 1. The number of halogens is 1. The second kappa shape index (κ2) is 8.87. The summed E-state index contributed by atoms with van der Waals surface area (Å²) in [4.78, 5) is 35.7. The number of nitrogens with one attached hydrogen (secondary N) is 1. The van der Waals surface area contributed by atoms with Crippen molar-refractivity contribution in [3.05, 3.63) is 62.3 Å². The first-order chi connectivity index (χ1) is 13.4. The van der Waals surface area contributed by atoms with Crippen molar-refractivity contribution in [1.82, 2.24) is 14.9 Å². The molecule has 148 valence electrons. The lowest BCUT2D eigenvalue weighted by Crippen LogP contribution is -2.31. The number of hydrogen-bond acceptors (Lipinski definition) is 5. The number of H-pyrrole nitrogens is 1. The summed E-state index contributed by atoms with van der Waals surface area (Å²) < 4.78 is 13.3. The number of benzene rings is 1. The Morgan fingerprint density at radius 1 is 1.36 bits per heavy atom. The van der Waals surface area contributed by atoms with Crippen LogP contribution in [-0.2, 0) is 17.1 Å². The number of thiophene rings is 1. The van der Waals surface area contributed by atoms with Crippen molar-refractivity contribution in [3.63, 3.8) is 0 Å². The first kappa shape index (κ1) is 20.5. The molecular weight excluding hydrogens is 397 g/mol. The van der Waals surface area contributed by atoms with Gasteiger partial charge in [0.05, 0.1) is 16.9 Å². The molecule has 5 nitrogen and oxygen atoms in total. The van der Waals surface area contributed by atoms with Crippen molar-refractivity contribution in [3.8, 4) is 0 Å². The summed E-state index contributed by atoms with van der Waals surface area (Å²) in [7, 11) is 0. The summed E-state index contributed by atoms with van der Waals surface area (Å²) >= 11 is 2.92. The van der Waals surface area contributed by atoms with Gasteiger partial charge >= 0.3 is 0 Å². The molecule has 0 aliphatic heterocycles. The Morgan fingerprint density at radius 2 is 2.14 bits per heavy atom. The first-order valence-electron chi connectivity index (χ1n) is 8.98. The average Bonchev–Trinajstić information content (AvgIpc) is 2.94. The lowest BCUT2D eigenvalue weighted by molar-refractivity contribution is -0.128. The normalized spacial score (nSPS) is 11.1. The predicted octanol–water partition coefficient (Wildman–Crippen LogP) is 4.02. The van der Waals surface area contributed by atoms with Crippen LogP contribution in [0.1, 0.15) is 28.8 Å². The second-order valence-electron chi connectivity index (χ2n) is 6.51. The number of carbonyl (C=O) groups is 1. The summed E-state index contributed by atoms with van der Waals surface area (Å²) in [5.41, 5.74) is 1.61. The van der Waals surface area contributed by atoms with Gasteiger partial charge in [-0.15, -0.1) is 23.1 Å². The Hall–Kier alpha value is -2.19. The van der Waals surface area contributed by atoms with Gasteiger partial charge in [-0.2, -0.15) is 0 Å². The van der Waals surface area contributed by atoms with E-state index in [0.29, 0.717) is 30.1 Å².